The molecular weight excluding hydrogens is 348 g/mol. The number of aliphatic hydroxyl groups excluding tert-OH is 1. The number of phenolic OH excluding ortho intramolecular Hbond substituents is 2. The Morgan fingerprint density at radius 2 is 1.37 bits per heavy atom. The summed E-state index contributed by atoms with van der Waals surface area (Å²) in [6.45, 7) is 0. The molecule has 144 valence electrons. The number of aliphatic hydroxyl groups is 1. The summed E-state index contributed by atoms with van der Waals surface area (Å²) >= 11 is 0. The first-order valence-corrected chi connectivity index (χ1v) is 8.57. The van der Waals surface area contributed by atoms with Crippen molar-refractivity contribution in [2.24, 2.45) is 0 Å². The minimum Gasteiger partial charge on any atom is -0.512 e. The molecule has 0 amide bonds. The summed E-state index contributed by atoms with van der Waals surface area (Å²) in [7, 11) is 2.94. The van der Waals surface area contributed by atoms with Crippen LogP contribution in [0.5, 0.6) is 23.0 Å². The van der Waals surface area contributed by atoms with Gasteiger partial charge in [-0.2, -0.15) is 0 Å². The Kier molecular flexibility index (Phi) is 7.11. The topological polar surface area (TPSA) is 96.2 Å². The first-order chi connectivity index (χ1) is 12.9. The number of phenols is 2. The predicted octanol–water partition coefficient (Wildman–Crippen LogP) is 3.69. The Hall–Kier alpha value is -3.15. The van der Waals surface area contributed by atoms with Crippen LogP contribution in [0, 0.1) is 0 Å². The van der Waals surface area contributed by atoms with E-state index < -0.39 is 0 Å². The SMILES string of the molecule is COc1cc(CCC(=O)/C=C(\O)CCc2ccc(O)c(OC)c2)ccc1O. The van der Waals surface area contributed by atoms with Crippen LogP contribution < -0.4 is 9.47 Å². The molecule has 0 fully saturated rings. The molecule has 27 heavy (non-hydrogen) atoms. The lowest BCUT2D eigenvalue weighted by Crippen LogP contribution is -1.99. The van der Waals surface area contributed by atoms with Crippen LogP contribution in [-0.2, 0) is 17.6 Å². The molecule has 6 heteroatoms. The van der Waals surface area contributed by atoms with Gasteiger partial charge in [-0.25, -0.2) is 0 Å². The second kappa shape index (κ2) is 9.52. The van der Waals surface area contributed by atoms with Crippen molar-refractivity contribution in [2.45, 2.75) is 25.7 Å². The molecule has 2 aromatic carbocycles. The number of carbonyl (C=O) groups excluding carboxylic acids is 1. The molecule has 0 aromatic heterocycles. The summed E-state index contributed by atoms with van der Waals surface area (Å²) in [6.07, 6.45) is 2.79. The fourth-order valence-electron chi connectivity index (χ4n) is 2.63. The summed E-state index contributed by atoms with van der Waals surface area (Å²) in [5.74, 6) is 0.676. The Labute approximate surface area is 158 Å². The lowest BCUT2D eigenvalue weighted by molar-refractivity contribution is -0.114. The highest BCUT2D eigenvalue weighted by Gasteiger charge is 2.07. The third-order valence-electron chi connectivity index (χ3n) is 4.15. The van der Waals surface area contributed by atoms with Crippen molar-refractivity contribution >= 4 is 5.78 Å². The number of allylic oxidation sites excluding steroid dienone is 2. The van der Waals surface area contributed by atoms with Crippen molar-refractivity contribution in [1.29, 1.82) is 0 Å². The maximum absolute atomic E-state index is 12.0. The minimum absolute atomic E-state index is 0.00956. The fourth-order valence-corrected chi connectivity index (χ4v) is 2.63. The molecule has 0 saturated carbocycles. The van der Waals surface area contributed by atoms with Crippen LogP contribution in [0.1, 0.15) is 24.0 Å². The number of benzene rings is 2. The van der Waals surface area contributed by atoms with E-state index in [1.165, 1.54) is 32.4 Å². The van der Waals surface area contributed by atoms with E-state index in [1.54, 1.807) is 24.3 Å². The van der Waals surface area contributed by atoms with Crippen molar-refractivity contribution in [3.63, 3.8) is 0 Å². The van der Waals surface area contributed by atoms with Gasteiger partial charge in [0.15, 0.2) is 28.8 Å². The van der Waals surface area contributed by atoms with E-state index in [2.05, 4.69) is 0 Å². The largest absolute Gasteiger partial charge is 0.512 e. The molecule has 0 aliphatic heterocycles. The minimum atomic E-state index is -0.178. The first kappa shape index (κ1) is 20.2. The van der Waals surface area contributed by atoms with Crippen LogP contribution in [0.25, 0.3) is 0 Å². The van der Waals surface area contributed by atoms with E-state index >= 15 is 0 Å². The number of ether oxygens (including phenoxy) is 2. The van der Waals surface area contributed by atoms with Gasteiger partial charge >= 0.3 is 0 Å². The third-order valence-corrected chi connectivity index (χ3v) is 4.15. The van der Waals surface area contributed by atoms with Crippen molar-refractivity contribution in [3.8, 4) is 23.0 Å². The molecule has 6 nitrogen and oxygen atoms in total. The van der Waals surface area contributed by atoms with E-state index in [-0.39, 0.29) is 29.5 Å². The first-order valence-electron chi connectivity index (χ1n) is 8.57. The Morgan fingerprint density at radius 3 is 1.85 bits per heavy atom. The van der Waals surface area contributed by atoms with E-state index in [1.807, 2.05) is 0 Å². The summed E-state index contributed by atoms with van der Waals surface area (Å²) in [5, 5.41) is 29.1. The number of rotatable bonds is 9. The van der Waals surface area contributed by atoms with Gasteiger partial charge in [0.25, 0.3) is 0 Å². The lowest BCUT2D eigenvalue weighted by Gasteiger charge is -2.07. The summed E-state index contributed by atoms with van der Waals surface area (Å²) in [6, 6.07) is 9.91. The second-order valence-electron chi connectivity index (χ2n) is 6.11. The molecule has 0 heterocycles. The number of aromatic hydroxyl groups is 2. The van der Waals surface area contributed by atoms with E-state index in [0.717, 1.165) is 11.1 Å². The molecule has 0 aliphatic rings. The van der Waals surface area contributed by atoms with Gasteiger partial charge in [-0.05, 0) is 48.2 Å². The zero-order valence-electron chi connectivity index (χ0n) is 15.4. The number of methoxy groups -OCH3 is 2. The third kappa shape index (κ3) is 5.95. The number of ketones is 1. The number of hydrogen-bond donors (Lipinski definition) is 3. The van der Waals surface area contributed by atoms with E-state index in [4.69, 9.17) is 9.47 Å². The van der Waals surface area contributed by atoms with Gasteiger partial charge in [-0.15, -0.1) is 0 Å². The second-order valence-corrected chi connectivity index (χ2v) is 6.11. The van der Waals surface area contributed by atoms with E-state index in [9.17, 15) is 20.1 Å². The van der Waals surface area contributed by atoms with Crippen molar-refractivity contribution in [3.05, 3.63) is 59.4 Å². The number of aryl methyl sites for hydroxylation is 2. The van der Waals surface area contributed by atoms with Crippen molar-refractivity contribution in [2.75, 3.05) is 14.2 Å². The standard InChI is InChI=1S/C21H24O6/c1-26-20-11-14(5-9-18(20)24)3-7-16(22)13-17(23)8-4-15-6-10-19(25)21(12-15)27-2/h5-6,9-13,22,24-25H,3-4,7-8H2,1-2H3/b16-13-. The zero-order chi connectivity index (χ0) is 19.8. The smallest absolute Gasteiger partial charge is 0.160 e. The zero-order valence-corrected chi connectivity index (χ0v) is 15.4. The molecule has 0 unspecified atom stereocenters. The predicted molar refractivity (Wildman–Crippen MR) is 102 cm³/mol. The van der Waals surface area contributed by atoms with Crippen LogP contribution >= 0.6 is 0 Å². The summed E-state index contributed by atoms with van der Waals surface area (Å²) in [4.78, 5) is 12.0. The molecule has 0 saturated heterocycles. The monoisotopic (exact) mass is 372 g/mol. The normalized spacial score (nSPS) is 11.3. The van der Waals surface area contributed by atoms with Gasteiger partial charge < -0.3 is 24.8 Å². The molecule has 3 N–H and O–H groups in total. The average Bonchev–Trinajstić information content (AvgIpc) is 2.66. The molecule has 0 aliphatic carbocycles. The Balaban J connectivity index is 1.87. The quantitative estimate of drug-likeness (QED) is 0.459. The lowest BCUT2D eigenvalue weighted by atomic mass is 10.0. The van der Waals surface area contributed by atoms with Gasteiger partial charge in [0.1, 0.15) is 0 Å². The molecule has 0 spiro atoms. The number of hydrogen-bond acceptors (Lipinski definition) is 6. The summed E-state index contributed by atoms with van der Waals surface area (Å²) < 4.78 is 10.1. The van der Waals surface area contributed by atoms with Gasteiger partial charge in [0.05, 0.1) is 20.0 Å². The Morgan fingerprint density at radius 1 is 0.889 bits per heavy atom. The van der Waals surface area contributed by atoms with Gasteiger partial charge in [-0.1, -0.05) is 12.1 Å². The van der Waals surface area contributed by atoms with Crippen LogP contribution in [-0.4, -0.2) is 35.3 Å². The molecule has 0 bridgehead atoms. The number of carbonyl (C=O) groups is 1. The molecular formula is C21H24O6. The fraction of sp³-hybridized carbons (Fsp3) is 0.286. The van der Waals surface area contributed by atoms with Gasteiger partial charge in [-0.3, -0.25) is 4.79 Å². The van der Waals surface area contributed by atoms with Gasteiger partial charge in [0.2, 0.25) is 0 Å². The molecule has 2 rings (SSSR count). The van der Waals surface area contributed by atoms with Crippen LogP contribution in [0.4, 0.5) is 0 Å². The Bertz CT molecular complexity index is 825. The van der Waals surface area contributed by atoms with Crippen LogP contribution in [0.3, 0.4) is 0 Å². The highest BCUT2D eigenvalue weighted by atomic mass is 16.5. The van der Waals surface area contributed by atoms with Crippen LogP contribution in [0.15, 0.2) is 48.2 Å². The average molecular weight is 372 g/mol. The molecule has 2 aromatic rings. The highest BCUT2D eigenvalue weighted by Crippen LogP contribution is 2.28. The molecule has 0 atom stereocenters. The van der Waals surface area contributed by atoms with E-state index in [0.29, 0.717) is 30.8 Å². The summed E-state index contributed by atoms with van der Waals surface area (Å²) in [5.41, 5.74) is 1.75. The van der Waals surface area contributed by atoms with Crippen LogP contribution in [0.2, 0.25) is 0 Å². The van der Waals surface area contributed by atoms with Crippen molar-refractivity contribution in [1.82, 2.24) is 0 Å². The molecule has 0 radical (unpaired) electrons. The highest BCUT2D eigenvalue weighted by molar-refractivity contribution is 5.90. The van der Waals surface area contributed by atoms with Gasteiger partial charge in [0, 0.05) is 18.9 Å². The maximum atomic E-state index is 12.0. The maximum Gasteiger partial charge on any atom is 0.160 e. The van der Waals surface area contributed by atoms with Crippen molar-refractivity contribution < 1.29 is 29.6 Å².